The second kappa shape index (κ2) is 6.79. The monoisotopic (exact) mass is 310 g/mol. The minimum Gasteiger partial charge on any atom is -0.370 e. The average molecular weight is 310 g/mol. The van der Waals surface area contributed by atoms with Gasteiger partial charge in [-0.1, -0.05) is 19.1 Å². The normalized spacial score (nSPS) is 18.7. The predicted molar refractivity (Wildman–Crippen MR) is 87.6 cm³/mol. The van der Waals surface area contributed by atoms with Crippen molar-refractivity contribution in [1.82, 2.24) is 5.32 Å². The fraction of sp³-hybridized carbons (Fsp3) is 0.625. The number of sulfone groups is 1. The van der Waals surface area contributed by atoms with Gasteiger partial charge in [-0.15, -0.1) is 0 Å². The molecular formula is C16H26N2O2S. The lowest BCUT2D eigenvalue weighted by molar-refractivity contribution is 0.314. The molecule has 0 saturated carbocycles. The smallest absolute Gasteiger partial charge is 0.177 e. The van der Waals surface area contributed by atoms with E-state index in [4.69, 9.17) is 0 Å². The molecule has 0 aromatic heterocycles. The van der Waals surface area contributed by atoms with E-state index < -0.39 is 9.84 Å². The summed E-state index contributed by atoms with van der Waals surface area (Å²) in [7, 11) is -3.18. The van der Waals surface area contributed by atoms with E-state index in [0.717, 1.165) is 38.2 Å². The summed E-state index contributed by atoms with van der Waals surface area (Å²) in [5.74, 6) is 0.673. The highest BCUT2D eigenvalue weighted by molar-refractivity contribution is 7.90. The fourth-order valence-electron chi connectivity index (χ4n) is 3.16. The van der Waals surface area contributed by atoms with Crippen molar-refractivity contribution >= 4 is 15.5 Å². The van der Waals surface area contributed by atoms with Crippen LogP contribution in [-0.4, -0.2) is 40.3 Å². The SMILES string of the molecule is CCNC(C)C1CCN(c2ccccc2S(C)(=O)=O)CC1. The molecule has 118 valence electrons. The highest BCUT2D eigenvalue weighted by atomic mass is 32.2. The predicted octanol–water partition coefficient (Wildman–Crippen LogP) is 2.30. The molecule has 1 atom stereocenters. The summed E-state index contributed by atoms with van der Waals surface area (Å²) in [6.07, 6.45) is 3.49. The van der Waals surface area contributed by atoms with E-state index >= 15 is 0 Å². The van der Waals surface area contributed by atoms with Crippen molar-refractivity contribution < 1.29 is 8.42 Å². The van der Waals surface area contributed by atoms with Crippen molar-refractivity contribution in [3.05, 3.63) is 24.3 Å². The number of hydrogen-bond acceptors (Lipinski definition) is 4. The Morgan fingerprint density at radius 3 is 2.48 bits per heavy atom. The molecule has 1 fully saturated rings. The highest BCUT2D eigenvalue weighted by Gasteiger charge is 2.25. The molecule has 0 aliphatic carbocycles. The van der Waals surface area contributed by atoms with Crippen LogP contribution in [0.25, 0.3) is 0 Å². The maximum absolute atomic E-state index is 11.9. The molecule has 0 radical (unpaired) electrons. The van der Waals surface area contributed by atoms with Crippen LogP contribution in [0.1, 0.15) is 26.7 Å². The summed E-state index contributed by atoms with van der Waals surface area (Å²) >= 11 is 0. The number of piperidine rings is 1. The van der Waals surface area contributed by atoms with Crippen LogP contribution in [0.4, 0.5) is 5.69 Å². The Bertz CT molecular complexity index is 563. The van der Waals surface area contributed by atoms with Crippen LogP contribution >= 0.6 is 0 Å². The molecule has 1 heterocycles. The summed E-state index contributed by atoms with van der Waals surface area (Å²) in [5, 5.41) is 3.49. The topological polar surface area (TPSA) is 49.4 Å². The van der Waals surface area contributed by atoms with Gasteiger partial charge in [0.25, 0.3) is 0 Å². The zero-order valence-corrected chi connectivity index (χ0v) is 14.0. The number of anilines is 1. The van der Waals surface area contributed by atoms with Gasteiger partial charge in [-0.25, -0.2) is 8.42 Å². The first-order valence-electron chi connectivity index (χ1n) is 7.71. The Morgan fingerprint density at radius 2 is 1.90 bits per heavy atom. The second-order valence-corrected chi connectivity index (χ2v) is 7.89. The molecule has 1 unspecified atom stereocenters. The summed E-state index contributed by atoms with van der Waals surface area (Å²) in [5.41, 5.74) is 0.856. The molecule has 21 heavy (non-hydrogen) atoms. The van der Waals surface area contributed by atoms with Gasteiger partial charge in [0.15, 0.2) is 9.84 Å². The maximum Gasteiger partial charge on any atom is 0.177 e. The van der Waals surface area contributed by atoms with E-state index in [1.54, 1.807) is 12.1 Å². The van der Waals surface area contributed by atoms with Crippen LogP contribution in [-0.2, 0) is 9.84 Å². The first kappa shape index (κ1) is 16.3. The van der Waals surface area contributed by atoms with Crippen LogP contribution in [0.3, 0.4) is 0 Å². The van der Waals surface area contributed by atoms with Gasteiger partial charge in [0.05, 0.1) is 10.6 Å². The van der Waals surface area contributed by atoms with Crippen LogP contribution < -0.4 is 10.2 Å². The molecule has 0 spiro atoms. The Hall–Kier alpha value is -1.07. The molecular weight excluding hydrogens is 284 g/mol. The lowest BCUT2D eigenvalue weighted by Gasteiger charge is -2.37. The molecule has 0 bridgehead atoms. The maximum atomic E-state index is 11.9. The van der Waals surface area contributed by atoms with Crippen molar-refractivity contribution in [2.24, 2.45) is 5.92 Å². The summed E-state index contributed by atoms with van der Waals surface area (Å²) in [4.78, 5) is 2.66. The Labute approximate surface area is 128 Å². The van der Waals surface area contributed by atoms with E-state index in [2.05, 4.69) is 24.1 Å². The minimum absolute atomic E-state index is 0.447. The molecule has 1 aromatic carbocycles. The molecule has 0 amide bonds. The van der Waals surface area contributed by atoms with Gasteiger partial charge >= 0.3 is 0 Å². The number of para-hydroxylation sites is 1. The van der Waals surface area contributed by atoms with Crippen molar-refractivity contribution in [3.8, 4) is 0 Å². The quantitative estimate of drug-likeness (QED) is 0.906. The first-order valence-corrected chi connectivity index (χ1v) is 9.60. The second-order valence-electron chi connectivity index (χ2n) is 5.91. The standard InChI is InChI=1S/C16H26N2O2S/c1-4-17-13(2)14-9-11-18(12-10-14)15-7-5-6-8-16(15)21(3,19)20/h5-8,13-14,17H,4,9-12H2,1-3H3. The number of nitrogens with zero attached hydrogens (tertiary/aromatic N) is 1. The molecule has 2 rings (SSSR count). The van der Waals surface area contributed by atoms with Gasteiger partial charge in [0.2, 0.25) is 0 Å². The fourth-order valence-corrected chi connectivity index (χ4v) is 4.06. The third-order valence-electron chi connectivity index (χ3n) is 4.38. The number of rotatable bonds is 5. The van der Waals surface area contributed by atoms with Crippen LogP contribution in [0.5, 0.6) is 0 Å². The Kier molecular flexibility index (Phi) is 5.27. The van der Waals surface area contributed by atoms with E-state index in [1.807, 2.05) is 12.1 Å². The van der Waals surface area contributed by atoms with Crippen molar-refractivity contribution in [1.29, 1.82) is 0 Å². The third kappa shape index (κ3) is 3.98. The summed E-state index contributed by atoms with van der Waals surface area (Å²) < 4.78 is 23.8. The molecule has 4 nitrogen and oxygen atoms in total. The molecule has 1 N–H and O–H groups in total. The minimum atomic E-state index is -3.18. The number of benzene rings is 1. The first-order chi connectivity index (χ1) is 9.93. The van der Waals surface area contributed by atoms with E-state index in [-0.39, 0.29) is 0 Å². The third-order valence-corrected chi connectivity index (χ3v) is 5.52. The van der Waals surface area contributed by atoms with E-state index in [9.17, 15) is 8.42 Å². The van der Waals surface area contributed by atoms with E-state index in [0.29, 0.717) is 16.9 Å². The summed E-state index contributed by atoms with van der Waals surface area (Å²) in [6.45, 7) is 7.22. The van der Waals surface area contributed by atoms with Gasteiger partial charge in [-0.2, -0.15) is 0 Å². The molecule has 5 heteroatoms. The van der Waals surface area contributed by atoms with Crippen LogP contribution in [0, 0.1) is 5.92 Å². The van der Waals surface area contributed by atoms with Gasteiger partial charge in [0, 0.05) is 25.4 Å². The number of nitrogens with one attached hydrogen (secondary N) is 1. The van der Waals surface area contributed by atoms with Crippen molar-refractivity contribution in [3.63, 3.8) is 0 Å². The molecule has 1 aromatic rings. The van der Waals surface area contributed by atoms with Gasteiger partial charge in [0.1, 0.15) is 0 Å². The van der Waals surface area contributed by atoms with E-state index in [1.165, 1.54) is 6.26 Å². The summed E-state index contributed by atoms with van der Waals surface area (Å²) in [6, 6.07) is 7.86. The Balaban J connectivity index is 2.10. The van der Waals surface area contributed by atoms with Gasteiger partial charge < -0.3 is 10.2 Å². The van der Waals surface area contributed by atoms with Gasteiger partial charge in [-0.3, -0.25) is 0 Å². The molecule has 1 aliphatic heterocycles. The average Bonchev–Trinajstić information content (AvgIpc) is 2.47. The largest absolute Gasteiger partial charge is 0.370 e. The highest BCUT2D eigenvalue weighted by Crippen LogP contribution is 2.30. The molecule has 1 saturated heterocycles. The zero-order valence-electron chi connectivity index (χ0n) is 13.2. The number of hydrogen-bond donors (Lipinski definition) is 1. The Morgan fingerprint density at radius 1 is 1.29 bits per heavy atom. The van der Waals surface area contributed by atoms with Crippen LogP contribution in [0.15, 0.2) is 29.2 Å². The lowest BCUT2D eigenvalue weighted by Crippen LogP contribution is -2.42. The molecule has 1 aliphatic rings. The van der Waals surface area contributed by atoms with Crippen molar-refractivity contribution in [2.45, 2.75) is 37.6 Å². The van der Waals surface area contributed by atoms with Crippen LogP contribution in [0.2, 0.25) is 0 Å². The zero-order chi connectivity index (χ0) is 15.5. The van der Waals surface area contributed by atoms with Gasteiger partial charge in [-0.05, 0) is 44.4 Å². The lowest BCUT2D eigenvalue weighted by atomic mass is 9.90. The van der Waals surface area contributed by atoms with Crippen molar-refractivity contribution in [2.75, 3.05) is 30.8 Å².